The van der Waals surface area contributed by atoms with E-state index < -0.39 is 11.6 Å². The number of halogens is 3. The number of rotatable bonds is 5. The molecule has 1 aliphatic rings. The fraction of sp³-hybridized carbons (Fsp3) is 0.562. The molecule has 3 nitrogen and oxygen atoms in total. The second-order valence-electron chi connectivity index (χ2n) is 5.50. The molecule has 1 aliphatic heterocycles. The van der Waals surface area contributed by atoms with Gasteiger partial charge in [-0.1, -0.05) is 13.3 Å². The number of hydrogen-bond acceptors (Lipinski definition) is 2. The first kappa shape index (κ1) is 18.8. The molecule has 124 valence electrons. The van der Waals surface area contributed by atoms with E-state index >= 15 is 0 Å². The van der Waals surface area contributed by atoms with Gasteiger partial charge < -0.3 is 10.6 Å². The van der Waals surface area contributed by atoms with E-state index in [4.69, 9.17) is 0 Å². The average Bonchev–Trinajstić information content (AvgIpc) is 2.51. The molecule has 2 rings (SSSR count). The van der Waals surface area contributed by atoms with Crippen molar-refractivity contribution in [1.29, 1.82) is 0 Å². The third kappa shape index (κ3) is 4.65. The second kappa shape index (κ2) is 9.06. The van der Waals surface area contributed by atoms with Gasteiger partial charge in [-0.2, -0.15) is 0 Å². The van der Waals surface area contributed by atoms with Gasteiger partial charge in [0, 0.05) is 12.1 Å². The van der Waals surface area contributed by atoms with Gasteiger partial charge in [-0.25, -0.2) is 8.78 Å². The largest absolute Gasteiger partial charge is 0.352 e. The summed E-state index contributed by atoms with van der Waals surface area (Å²) in [5.74, 6) is -2.11. The first-order chi connectivity index (χ1) is 10.1. The van der Waals surface area contributed by atoms with Crippen LogP contribution in [0.2, 0.25) is 0 Å². The Morgan fingerprint density at radius 3 is 2.64 bits per heavy atom. The molecule has 1 saturated heterocycles. The summed E-state index contributed by atoms with van der Waals surface area (Å²) in [5, 5.41) is 5.93. The molecule has 0 aliphatic carbocycles. The molecule has 1 aromatic carbocycles. The Morgan fingerprint density at radius 2 is 2.00 bits per heavy atom. The number of unbranched alkanes of at least 4 members (excludes halogenated alkanes) is 1. The summed E-state index contributed by atoms with van der Waals surface area (Å²) in [7, 11) is 0. The van der Waals surface area contributed by atoms with Crippen LogP contribution in [0.1, 0.15) is 54.4 Å². The second-order valence-corrected chi connectivity index (χ2v) is 5.50. The van der Waals surface area contributed by atoms with Crippen LogP contribution < -0.4 is 10.6 Å². The van der Waals surface area contributed by atoms with E-state index in [-0.39, 0.29) is 29.8 Å². The van der Waals surface area contributed by atoms with Crippen LogP contribution in [0.4, 0.5) is 8.78 Å². The van der Waals surface area contributed by atoms with Crippen LogP contribution in [0.25, 0.3) is 0 Å². The minimum absolute atomic E-state index is 0. The van der Waals surface area contributed by atoms with Gasteiger partial charge in [0.2, 0.25) is 0 Å². The van der Waals surface area contributed by atoms with Gasteiger partial charge in [-0.3, -0.25) is 4.79 Å². The van der Waals surface area contributed by atoms with Crippen molar-refractivity contribution in [3.05, 3.63) is 34.9 Å². The Kier molecular flexibility index (Phi) is 7.76. The molecular formula is C16H23ClF2N2O. The van der Waals surface area contributed by atoms with Gasteiger partial charge in [-0.05, 0) is 56.0 Å². The molecule has 0 unspecified atom stereocenters. The highest BCUT2D eigenvalue weighted by atomic mass is 35.5. The minimum Gasteiger partial charge on any atom is -0.352 e. The van der Waals surface area contributed by atoms with Crippen LogP contribution in [0.15, 0.2) is 12.1 Å². The lowest BCUT2D eigenvalue weighted by Gasteiger charge is -2.24. The van der Waals surface area contributed by atoms with Gasteiger partial charge in [-0.15, -0.1) is 12.4 Å². The molecule has 1 amide bonds. The van der Waals surface area contributed by atoms with Gasteiger partial charge >= 0.3 is 0 Å². The highest BCUT2D eigenvalue weighted by Crippen LogP contribution is 2.29. The molecule has 0 atom stereocenters. The Morgan fingerprint density at radius 1 is 1.32 bits per heavy atom. The van der Waals surface area contributed by atoms with Gasteiger partial charge in [0.15, 0.2) is 11.6 Å². The molecule has 0 bridgehead atoms. The SMILES string of the molecule is CCCCNC(=O)c1cc(F)c(F)c(C2CCNCC2)c1.Cl. The zero-order valence-electron chi connectivity index (χ0n) is 12.8. The number of amides is 1. The van der Waals surface area contributed by atoms with Crippen molar-refractivity contribution in [3.63, 3.8) is 0 Å². The topological polar surface area (TPSA) is 41.1 Å². The maximum atomic E-state index is 14.0. The molecule has 2 N–H and O–H groups in total. The molecule has 1 fully saturated rings. The van der Waals surface area contributed by atoms with E-state index in [1.54, 1.807) is 0 Å². The normalized spacial score (nSPS) is 15.2. The van der Waals surface area contributed by atoms with Crippen LogP contribution in [-0.4, -0.2) is 25.5 Å². The van der Waals surface area contributed by atoms with Crippen molar-refractivity contribution in [1.82, 2.24) is 10.6 Å². The summed E-state index contributed by atoms with van der Waals surface area (Å²) in [6, 6.07) is 2.50. The van der Waals surface area contributed by atoms with Crippen LogP contribution in [0.3, 0.4) is 0 Å². The van der Waals surface area contributed by atoms with Crippen LogP contribution in [0, 0.1) is 11.6 Å². The minimum atomic E-state index is -0.938. The Hall–Kier alpha value is -1.20. The predicted molar refractivity (Wildman–Crippen MR) is 85.7 cm³/mol. The maximum Gasteiger partial charge on any atom is 0.251 e. The van der Waals surface area contributed by atoms with E-state index in [1.807, 2.05) is 6.92 Å². The molecule has 0 saturated carbocycles. The number of hydrogen-bond donors (Lipinski definition) is 2. The third-order valence-corrected chi connectivity index (χ3v) is 3.91. The van der Waals surface area contributed by atoms with Crippen molar-refractivity contribution in [2.45, 2.75) is 38.5 Å². The first-order valence-electron chi connectivity index (χ1n) is 7.61. The van der Waals surface area contributed by atoms with Crippen LogP contribution >= 0.6 is 12.4 Å². The standard InChI is InChI=1S/C16H22F2N2O.ClH/c1-2-3-6-20-16(21)12-9-13(15(18)14(17)10-12)11-4-7-19-8-5-11;/h9-11,19H,2-8H2,1H3,(H,20,21);1H. The number of nitrogens with one attached hydrogen (secondary N) is 2. The Balaban J connectivity index is 0.00000242. The highest BCUT2D eigenvalue weighted by Gasteiger charge is 2.23. The predicted octanol–water partition coefficient (Wildman–Crippen LogP) is 3.38. The Labute approximate surface area is 136 Å². The molecular weight excluding hydrogens is 310 g/mol. The van der Waals surface area contributed by atoms with Crippen molar-refractivity contribution in [3.8, 4) is 0 Å². The van der Waals surface area contributed by atoms with Gasteiger partial charge in [0.25, 0.3) is 5.91 Å². The molecule has 1 aromatic rings. The van der Waals surface area contributed by atoms with Gasteiger partial charge in [0.1, 0.15) is 0 Å². The zero-order valence-corrected chi connectivity index (χ0v) is 13.6. The number of carbonyl (C=O) groups is 1. The van der Waals surface area contributed by atoms with E-state index in [9.17, 15) is 13.6 Å². The first-order valence-corrected chi connectivity index (χ1v) is 7.61. The van der Waals surface area contributed by atoms with Crippen molar-refractivity contribution >= 4 is 18.3 Å². The van der Waals surface area contributed by atoms with Gasteiger partial charge in [0.05, 0.1) is 0 Å². The van der Waals surface area contributed by atoms with Crippen LogP contribution in [-0.2, 0) is 0 Å². The number of benzene rings is 1. The molecule has 22 heavy (non-hydrogen) atoms. The van der Waals surface area contributed by atoms with E-state index in [2.05, 4.69) is 10.6 Å². The number of piperidine rings is 1. The lowest BCUT2D eigenvalue weighted by atomic mass is 9.88. The number of carbonyl (C=O) groups excluding carboxylic acids is 1. The molecule has 0 spiro atoms. The smallest absolute Gasteiger partial charge is 0.251 e. The van der Waals surface area contributed by atoms with Crippen molar-refractivity contribution in [2.75, 3.05) is 19.6 Å². The van der Waals surface area contributed by atoms with Crippen LogP contribution in [0.5, 0.6) is 0 Å². The summed E-state index contributed by atoms with van der Waals surface area (Å²) in [6.07, 6.45) is 3.36. The monoisotopic (exact) mass is 332 g/mol. The summed E-state index contributed by atoms with van der Waals surface area (Å²) in [4.78, 5) is 12.0. The lowest BCUT2D eigenvalue weighted by Crippen LogP contribution is -2.28. The van der Waals surface area contributed by atoms with Crippen molar-refractivity contribution < 1.29 is 13.6 Å². The molecule has 0 radical (unpaired) electrons. The van der Waals surface area contributed by atoms with Crippen molar-refractivity contribution in [2.24, 2.45) is 0 Å². The summed E-state index contributed by atoms with van der Waals surface area (Å²) >= 11 is 0. The fourth-order valence-electron chi connectivity index (χ4n) is 2.65. The summed E-state index contributed by atoms with van der Waals surface area (Å²) in [6.45, 7) is 4.16. The lowest BCUT2D eigenvalue weighted by molar-refractivity contribution is 0.0952. The molecule has 1 heterocycles. The fourth-order valence-corrected chi connectivity index (χ4v) is 2.65. The Bertz CT molecular complexity index is 505. The quantitative estimate of drug-likeness (QED) is 0.812. The highest BCUT2D eigenvalue weighted by molar-refractivity contribution is 5.94. The zero-order chi connectivity index (χ0) is 15.2. The van der Waals surface area contributed by atoms with E-state index in [1.165, 1.54) is 6.07 Å². The average molecular weight is 333 g/mol. The van der Waals surface area contributed by atoms with E-state index in [0.717, 1.165) is 44.8 Å². The van der Waals surface area contributed by atoms with E-state index in [0.29, 0.717) is 12.1 Å². The molecule has 0 aromatic heterocycles. The summed E-state index contributed by atoms with van der Waals surface area (Å²) < 4.78 is 27.8. The maximum absolute atomic E-state index is 14.0. The third-order valence-electron chi connectivity index (χ3n) is 3.91. The molecule has 6 heteroatoms. The summed E-state index contributed by atoms with van der Waals surface area (Å²) in [5.41, 5.74) is 0.538.